The number of aryl methyl sites for hydroxylation is 2. The topological polar surface area (TPSA) is 33.1 Å². The summed E-state index contributed by atoms with van der Waals surface area (Å²) in [5.41, 5.74) is 2.14. The van der Waals surface area contributed by atoms with E-state index >= 15 is 0 Å². The summed E-state index contributed by atoms with van der Waals surface area (Å²) in [7, 11) is 1.98. The van der Waals surface area contributed by atoms with E-state index in [0.29, 0.717) is 6.04 Å². The van der Waals surface area contributed by atoms with E-state index < -0.39 is 0 Å². The maximum atomic E-state index is 6.37. The third-order valence-electron chi connectivity index (χ3n) is 3.49. The Balaban J connectivity index is 2.14. The number of hydrogen-bond acceptors (Lipinski definition) is 3. The Labute approximate surface area is 108 Å². The Kier molecular flexibility index (Phi) is 4.07. The second kappa shape index (κ2) is 5.38. The molecule has 0 amide bonds. The number of nitrogens with zero attached hydrogens (tertiary/aromatic N) is 3. The molecule has 1 N–H and O–H groups in total. The average molecular weight is 257 g/mol. The van der Waals surface area contributed by atoms with Gasteiger partial charge in [-0.25, -0.2) is 0 Å². The molecule has 0 aliphatic carbocycles. The average Bonchev–Trinajstić information content (AvgIpc) is 2.59. The first kappa shape index (κ1) is 12.9. The Morgan fingerprint density at radius 3 is 2.88 bits per heavy atom. The molecule has 17 heavy (non-hydrogen) atoms. The highest BCUT2D eigenvalue weighted by Crippen LogP contribution is 2.23. The SMILES string of the molecule is CCc1nn(C)c(CN2CCNC[C@@H]2C)c1Cl. The van der Waals surface area contributed by atoms with Crippen molar-refractivity contribution in [2.24, 2.45) is 7.05 Å². The van der Waals surface area contributed by atoms with E-state index in [2.05, 4.69) is 29.2 Å². The van der Waals surface area contributed by atoms with Crippen LogP contribution in [0.2, 0.25) is 5.02 Å². The van der Waals surface area contributed by atoms with Crippen LogP contribution in [0.1, 0.15) is 25.2 Å². The predicted molar refractivity (Wildman–Crippen MR) is 70.3 cm³/mol. The molecule has 2 rings (SSSR count). The number of rotatable bonds is 3. The van der Waals surface area contributed by atoms with Crippen LogP contribution in [0.4, 0.5) is 0 Å². The Morgan fingerprint density at radius 2 is 2.29 bits per heavy atom. The van der Waals surface area contributed by atoms with E-state index in [1.807, 2.05) is 11.7 Å². The minimum absolute atomic E-state index is 0.555. The summed E-state index contributed by atoms with van der Waals surface area (Å²) < 4.78 is 1.93. The van der Waals surface area contributed by atoms with Gasteiger partial charge in [0.05, 0.1) is 16.4 Å². The van der Waals surface area contributed by atoms with Crippen molar-refractivity contribution in [3.63, 3.8) is 0 Å². The maximum absolute atomic E-state index is 6.37. The lowest BCUT2D eigenvalue weighted by molar-refractivity contribution is 0.162. The van der Waals surface area contributed by atoms with Gasteiger partial charge in [-0.15, -0.1) is 0 Å². The molecule has 96 valence electrons. The van der Waals surface area contributed by atoms with E-state index in [4.69, 9.17) is 11.6 Å². The summed E-state index contributed by atoms with van der Waals surface area (Å²) in [6.07, 6.45) is 0.893. The molecule has 1 aromatic rings. The van der Waals surface area contributed by atoms with Crippen LogP contribution in [0.15, 0.2) is 0 Å². The fraction of sp³-hybridized carbons (Fsp3) is 0.750. The monoisotopic (exact) mass is 256 g/mol. The minimum atomic E-state index is 0.555. The first-order chi connectivity index (χ1) is 8.13. The molecule has 0 bridgehead atoms. The molecular weight excluding hydrogens is 236 g/mol. The summed E-state index contributed by atoms with van der Waals surface area (Å²) in [6, 6.07) is 0.555. The second-order valence-electron chi connectivity index (χ2n) is 4.71. The highest BCUT2D eigenvalue weighted by Gasteiger charge is 2.21. The molecule has 0 aromatic carbocycles. The highest BCUT2D eigenvalue weighted by atomic mass is 35.5. The molecule has 2 heterocycles. The van der Waals surface area contributed by atoms with Crippen molar-refractivity contribution in [3.8, 4) is 0 Å². The maximum Gasteiger partial charge on any atom is 0.0863 e. The molecule has 1 aromatic heterocycles. The van der Waals surface area contributed by atoms with Crippen molar-refractivity contribution in [3.05, 3.63) is 16.4 Å². The molecule has 1 saturated heterocycles. The van der Waals surface area contributed by atoms with E-state index in [1.165, 1.54) is 0 Å². The number of hydrogen-bond donors (Lipinski definition) is 1. The lowest BCUT2D eigenvalue weighted by atomic mass is 10.2. The molecule has 0 saturated carbocycles. The highest BCUT2D eigenvalue weighted by molar-refractivity contribution is 6.31. The molecular formula is C12H21ClN4. The van der Waals surface area contributed by atoms with Gasteiger partial charge in [0.15, 0.2) is 0 Å². The Hall–Kier alpha value is -0.580. The van der Waals surface area contributed by atoms with Crippen molar-refractivity contribution in [2.75, 3.05) is 19.6 Å². The molecule has 5 heteroatoms. The smallest absolute Gasteiger partial charge is 0.0863 e. The summed E-state index contributed by atoms with van der Waals surface area (Å²) >= 11 is 6.37. The van der Waals surface area contributed by atoms with Crippen molar-refractivity contribution < 1.29 is 0 Å². The van der Waals surface area contributed by atoms with Crippen LogP contribution in [-0.2, 0) is 20.0 Å². The fourth-order valence-corrected chi connectivity index (χ4v) is 2.66. The number of halogens is 1. The summed E-state index contributed by atoms with van der Waals surface area (Å²) in [5, 5.41) is 8.71. The van der Waals surface area contributed by atoms with Crippen LogP contribution in [0.25, 0.3) is 0 Å². The summed E-state index contributed by atoms with van der Waals surface area (Å²) in [5.74, 6) is 0. The van der Waals surface area contributed by atoms with Crippen molar-refractivity contribution in [1.29, 1.82) is 0 Å². The standard InChI is InChI=1S/C12H21ClN4/c1-4-10-12(13)11(16(3)15-10)8-17-6-5-14-7-9(17)2/h9,14H,4-8H2,1-3H3/t9-/m0/s1. The van der Waals surface area contributed by atoms with Crippen LogP contribution in [0.3, 0.4) is 0 Å². The van der Waals surface area contributed by atoms with Gasteiger partial charge in [0.25, 0.3) is 0 Å². The van der Waals surface area contributed by atoms with Crippen molar-refractivity contribution in [1.82, 2.24) is 20.0 Å². The van der Waals surface area contributed by atoms with Gasteiger partial charge in [-0.3, -0.25) is 9.58 Å². The predicted octanol–water partition coefficient (Wildman–Crippen LogP) is 1.43. The lowest BCUT2D eigenvalue weighted by Crippen LogP contribution is -2.49. The summed E-state index contributed by atoms with van der Waals surface area (Å²) in [4.78, 5) is 2.46. The first-order valence-electron chi connectivity index (χ1n) is 6.28. The van der Waals surface area contributed by atoms with Gasteiger partial charge >= 0.3 is 0 Å². The molecule has 0 radical (unpaired) electrons. The first-order valence-corrected chi connectivity index (χ1v) is 6.66. The zero-order chi connectivity index (χ0) is 12.4. The number of nitrogens with one attached hydrogen (secondary N) is 1. The zero-order valence-corrected chi connectivity index (χ0v) is 11.6. The Morgan fingerprint density at radius 1 is 1.53 bits per heavy atom. The molecule has 0 spiro atoms. The van der Waals surface area contributed by atoms with Crippen molar-refractivity contribution >= 4 is 11.6 Å². The van der Waals surface area contributed by atoms with Gasteiger partial charge in [0.2, 0.25) is 0 Å². The third kappa shape index (κ3) is 2.64. The normalized spacial score (nSPS) is 22.0. The fourth-order valence-electron chi connectivity index (χ4n) is 2.30. The van der Waals surface area contributed by atoms with Gasteiger partial charge in [0, 0.05) is 39.3 Å². The van der Waals surface area contributed by atoms with E-state index in [1.54, 1.807) is 0 Å². The molecule has 4 nitrogen and oxygen atoms in total. The van der Waals surface area contributed by atoms with Gasteiger partial charge in [-0.05, 0) is 13.3 Å². The third-order valence-corrected chi connectivity index (χ3v) is 3.93. The van der Waals surface area contributed by atoms with E-state index in [9.17, 15) is 0 Å². The number of aromatic nitrogens is 2. The van der Waals surface area contributed by atoms with Gasteiger partial charge in [0.1, 0.15) is 0 Å². The molecule has 0 unspecified atom stereocenters. The minimum Gasteiger partial charge on any atom is -0.314 e. The largest absolute Gasteiger partial charge is 0.314 e. The second-order valence-corrected chi connectivity index (χ2v) is 5.09. The quantitative estimate of drug-likeness (QED) is 0.888. The molecule has 1 atom stereocenters. The van der Waals surface area contributed by atoms with Crippen molar-refractivity contribution in [2.45, 2.75) is 32.9 Å². The van der Waals surface area contributed by atoms with Gasteiger partial charge in [-0.2, -0.15) is 5.10 Å². The van der Waals surface area contributed by atoms with Gasteiger partial charge in [-0.1, -0.05) is 18.5 Å². The molecule has 1 aliphatic rings. The van der Waals surface area contributed by atoms with E-state index in [-0.39, 0.29) is 0 Å². The van der Waals surface area contributed by atoms with Crippen LogP contribution < -0.4 is 5.32 Å². The van der Waals surface area contributed by atoms with E-state index in [0.717, 1.165) is 49.0 Å². The van der Waals surface area contributed by atoms with Gasteiger partial charge < -0.3 is 5.32 Å². The van der Waals surface area contributed by atoms with Crippen LogP contribution >= 0.6 is 11.6 Å². The lowest BCUT2D eigenvalue weighted by Gasteiger charge is -2.33. The van der Waals surface area contributed by atoms with Crippen LogP contribution in [-0.4, -0.2) is 40.4 Å². The Bertz CT molecular complexity index is 388. The van der Waals surface area contributed by atoms with Crippen LogP contribution in [0.5, 0.6) is 0 Å². The number of piperazine rings is 1. The molecule has 1 aliphatic heterocycles. The van der Waals surface area contributed by atoms with Crippen LogP contribution in [0, 0.1) is 0 Å². The molecule has 1 fully saturated rings. The zero-order valence-electron chi connectivity index (χ0n) is 10.8. The summed E-state index contributed by atoms with van der Waals surface area (Å²) in [6.45, 7) is 8.41.